The van der Waals surface area contributed by atoms with E-state index in [4.69, 9.17) is 4.74 Å². The van der Waals surface area contributed by atoms with Crippen LogP contribution >= 0.6 is 0 Å². The van der Waals surface area contributed by atoms with Gasteiger partial charge in [0.2, 0.25) is 0 Å². The Morgan fingerprint density at radius 1 is 0.621 bits per heavy atom. The van der Waals surface area contributed by atoms with Crippen molar-refractivity contribution in [2.45, 2.75) is 13.8 Å². The van der Waals surface area contributed by atoms with Crippen molar-refractivity contribution in [3.63, 3.8) is 0 Å². The fourth-order valence-electron chi connectivity index (χ4n) is 3.75. The number of carbonyl (C=O) groups is 6. The summed E-state index contributed by atoms with van der Waals surface area (Å²) < 4.78 is 5.69. The SMILES string of the molecule is CC(=O)C1C(=O)c2ccc(Oc3ccc4c(c3)C(=O)C(C(C)=O)C4=O)cc2C1=O. The summed E-state index contributed by atoms with van der Waals surface area (Å²) in [6.45, 7) is 2.39. The lowest BCUT2D eigenvalue weighted by molar-refractivity contribution is -0.119. The van der Waals surface area contributed by atoms with Crippen molar-refractivity contribution in [1.29, 1.82) is 0 Å². The average Bonchev–Trinajstić information content (AvgIpc) is 3.06. The number of carbonyl (C=O) groups excluding carboxylic acids is 6. The largest absolute Gasteiger partial charge is 0.457 e. The minimum atomic E-state index is -1.31. The van der Waals surface area contributed by atoms with Crippen molar-refractivity contribution in [3.05, 3.63) is 58.7 Å². The molecule has 0 fully saturated rings. The zero-order valence-electron chi connectivity index (χ0n) is 15.5. The predicted molar refractivity (Wildman–Crippen MR) is 98.6 cm³/mol. The molecule has 29 heavy (non-hydrogen) atoms. The van der Waals surface area contributed by atoms with Crippen LogP contribution < -0.4 is 4.74 Å². The molecule has 2 atom stereocenters. The molecule has 0 radical (unpaired) electrons. The predicted octanol–water partition coefficient (Wildman–Crippen LogP) is 2.65. The number of hydrogen-bond donors (Lipinski definition) is 0. The Morgan fingerprint density at radius 2 is 0.966 bits per heavy atom. The number of rotatable bonds is 4. The molecule has 0 heterocycles. The maximum Gasteiger partial charge on any atom is 0.182 e. The van der Waals surface area contributed by atoms with E-state index < -0.39 is 46.5 Å². The van der Waals surface area contributed by atoms with Gasteiger partial charge in [0.15, 0.2) is 23.1 Å². The minimum Gasteiger partial charge on any atom is -0.457 e. The molecule has 0 bridgehead atoms. The number of Topliss-reactive ketones (excluding diaryl/α,β-unsaturated/α-hetero) is 6. The Kier molecular flexibility index (Phi) is 4.11. The average molecular weight is 390 g/mol. The zero-order valence-corrected chi connectivity index (χ0v) is 15.5. The quantitative estimate of drug-likeness (QED) is 0.738. The molecular formula is C22H14O7. The van der Waals surface area contributed by atoms with Crippen molar-refractivity contribution >= 4 is 34.7 Å². The highest BCUT2D eigenvalue weighted by atomic mass is 16.5. The van der Waals surface area contributed by atoms with Crippen molar-refractivity contribution < 1.29 is 33.5 Å². The van der Waals surface area contributed by atoms with Gasteiger partial charge < -0.3 is 4.74 Å². The molecule has 4 rings (SSSR count). The topological polar surface area (TPSA) is 112 Å². The number of benzene rings is 2. The van der Waals surface area contributed by atoms with Crippen LogP contribution in [0.25, 0.3) is 0 Å². The summed E-state index contributed by atoms with van der Waals surface area (Å²) in [6.07, 6.45) is 0. The third kappa shape index (κ3) is 2.74. The first-order valence-corrected chi connectivity index (χ1v) is 8.84. The van der Waals surface area contributed by atoms with Crippen LogP contribution in [0.4, 0.5) is 0 Å². The van der Waals surface area contributed by atoms with Gasteiger partial charge in [-0.05, 0) is 50.2 Å². The lowest BCUT2D eigenvalue weighted by Crippen LogP contribution is -2.22. The van der Waals surface area contributed by atoms with Gasteiger partial charge in [-0.1, -0.05) is 0 Å². The van der Waals surface area contributed by atoms with Crippen LogP contribution in [0.5, 0.6) is 11.5 Å². The molecule has 7 nitrogen and oxygen atoms in total. The second-order valence-corrected chi connectivity index (χ2v) is 7.06. The Labute approximate surface area is 164 Å². The number of hydrogen-bond acceptors (Lipinski definition) is 7. The van der Waals surface area contributed by atoms with E-state index in [0.29, 0.717) is 0 Å². The molecule has 144 valence electrons. The van der Waals surface area contributed by atoms with Gasteiger partial charge in [0.05, 0.1) is 0 Å². The lowest BCUT2D eigenvalue weighted by atomic mass is 10.00. The number of ketones is 6. The monoisotopic (exact) mass is 390 g/mol. The van der Waals surface area contributed by atoms with Crippen LogP contribution in [0.3, 0.4) is 0 Å². The van der Waals surface area contributed by atoms with Crippen molar-refractivity contribution in [2.24, 2.45) is 11.8 Å². The molecule has 0 amide bonds. The summed E-state index contributed by atoms with van der Waals surface area (Å²) in [7, 11) is 0. The second kappa shape index (κ2) is 6.41. The van der Waals surface area contributed by atoms with Gasteiger partial charge in [0, 0.05) is 22.3 Å². The highest BCUT2D eigenvalue weighted by Crippen LogP contribution is 2.35. The van der Waals surface area contributed by atoms with E-state index in [1.807, 2.05) is 0 Å². The highest BCUT2D eigenvalue weighted by molar-refractivity contribution is 6.36. The minimum absolute atomic E-state index is 0.108. The Balaban J connectivity index is 1.65. The van der Waals surface area contributed by atoms with Crippen LogP contribution in [0, 0.1) is 11.8 Å². The van der Waals surface area contributed by atoms with E-state index in [0.717, 1.165) is 0 Å². The summed E-state index contributed by atoms with van der Waals surface area (Å²) in [5.41, 5.74) is 0.552. The lowest BCUT2D eigenvalue weighted by Gasteiger charge is -2.08. The van der Waals surface area contributed by atoms with Crippen molar-refractivity contribution in [2.75, 3.05) is 0 Å². The van der Waals surface area contributed by atoms with Crippen LogP contribution in [-0.4, -0.2) is 34.7 Å². The van der Waals surface area contributed by atoms with Crippen molar-refractivity contribution in [3.8, 4) is 11.5 Å². The van der Waals surface area contributed by atoms with Gasteiger partial charge in [-0.25, -0.2) is 0 Å². The smallest absolute Gasteiger partial charge is 0.182 e. The van der Waals surface area contributed by atoms with Crippen LogP contribution in [0.15, 0.2) is 36.4 Å². The maximum absolute atomic E-state index is 12.4. The van der Waals surface area contributed by atoms with E-state index in [1.54, 1.807) is 0 Å². The molecule has 2 aliphatic carbocycles. The van der Waals surface area contributed by atoms with Gasteiger partial charge >= 0.3 is 0 Å². The van der Waals surface area contributed by atoms with Gasteiger partial charge in [0.1, 0.15) is 34.9 Å². The Morgan fingerprint density at radius 3 is 1.31 bits per heavy atom. The molecule has 2 aliphatic rings. The third-order valence-electron chi connectivity index (χ3n) is 5.14. The number of fused-ring (bicyclic) bond motifs is 2. The Hall–Kier alpha value is -3.74. The van der Waals surface area contributed by atoms with Crippen LogP contribution in [0.2, 0.25) is 0 Å². The fraction of sp³-hybridized carbons (Fsp3) is 0.182. The Bertz CT molecular complexity index is 1080. The van der Waals surface area contributed by atoms with Crippen LogP contribution in [-0.2, 0) is 9.59 Å². The van der Waals surface area contributed by atoms with Crippen LogP contribution in [0.1, 0.15) is 55.3 Å². The maximum atomic E-state index is 12.4. The fourth-order valence-corrected chi connectivity index (χ4v) is 3.75. The van der Waals surface area contributed by atoms with E-state index in [2.05, 4.69) is 0 Å². The van der Waals surface area contributed by atoms with E-state index >= 15 is 0 Å². The summed E-state index contributed by atoms with van der Waals surface area (Å²) in [5.74, 6) is -5.38. The number of ether oxygens (including phenoxy) is 1. The standard InChI is InChI=1S/C22H14O7/c1-9(23)17-19(25)13-5-3-11(7-15(13)21(17)27)29-12-4-6-14-16(8-12)22(28)18(10(2)24)20(14)26/h3-8,17-18H,1-2H3. The van der Waals surface area contributed by atoms with E-state index in [9.17, 15) is 28.8 Å². The summed E-state index contributed by atoms with van der Waals surface area (Å²) in [5, 5.41) is 0. The normalized spacial score (nSPS) is 19.9. The van der Waals surface area contributed by atoms with Gasteiger partial charge in [-0.2, -0.15) is 0 Å². The van der Waals surface area contributed by atoms with E-state index in [-0.39, 0.29) is 33.8 Å². The summed E-state index contributed by atoms with van der Waals surface area (Å²) in [4.78, 5) is 72.4. The molecule has 7 heteroatoms. The molecule has 2 unspecified atom stereocenters. The van der Waals surface area contributed by atoms with Gasteiger partial charge in [-0.15, -0.1) is 0 Å². The molecule has 0 N–H and O–H groups in total. The zero-order chi connectivity index (χ0) is 21.0. The first-order valence-electron chi connectivity index (χ1n) is 8.84. The summed E-state index contributed by atoms with van der Waals surface area (Å²) in [6, 6.07) is 8.54. The molecule has 0 aliphatic heterocycles. The summed E-state index contributed by atoms with van der Waals surface area (Å²) >= 11 is 0. The molecule has 0 aromatic heterocycles. The molecular weight excluding hydrogens is 376 g/mol. The van der Waals surface area contributed by atoms with E-state index in [1.165, 1.54) is 50.2 Å². The van der Waals surface area contributed by atoms with Crippen molar-refractivity contribution in [1.82, 2.24) is 0 Å². The van der Waals surface area contributed by atoms with Gasteiger partial charge in [0.25, 0.3) is 0 Å². The molecule has 0 spiro atoms. The molecule has 0 saturated carbocycles. The molecule has 2 aromatic carbocycles. The second-order valence-electron chi connectivity index (χ2n) is 7.06. The molecule has 2 aromatic rings. The first-order chi connectivity index (χ1) is 13.7. The van der Waals surface area contributed by atoms with Gasteiger partial charge in [-0.3, -0.25) is 28.8 Å². The third-order valence-corrected chi connectivity index (χ3v) is 5.14. The first kappa shape index (κ1) is 18.6. The highest BCUT2D eigenvalue weighted by Gasteiger charge is 2.42. The molecule has 0 saturated heterocycles.